The van der Waals surface area contributed by atoms with Gasteiger partial charge in [0.05, 0.1) is 5.69 Å². The van der Waals surface area contributed by atoms with E-state index in [1.165, 1.54) is 6.07 Å². The fraction of sp³-hybridized carbons (Fsp3) is 0.100. The minimum atomic E-state index is -4.81. The van der Waals surface area contributed by atoms with Crippen molar-refractivity contribution in [2.75, 3.05) is 5.43 Å². The first-order valence-electron chi connectivity index (χ1n) is 4.86. The number of nitriles is 1. The maximum atomic E-state index is 12.1. The first-order chi connectivity index (χ1) is 9.23. The first-order valence-corrected chi connectivity index (χ1v) is 5.65. The van der Waals surface area contributed by atoms with E-state index in [1.807, 2.05) is 0 Å². The van der Waals surface area contributed by atoms with E-state index in [0.717, 1.165) is 12.1 Å². The van der Waals surface area contributed by atoms with E-state index in [2.05, 4.69) is 31.2 Å². The average Bonchev–Trinajstić information content (AvgIpc) is 2.31. The molecule has 0 radical (unpaired) electrons. The standard InChI is InChI=1S/C10H7BrF3N5O/c11-6-2-1-5(20-10(12,13)14)3-7(6)18-19-8(4-15)9(16)17/h1-3,18H,(H3,16,17)/b19-8+. The number of nitrogens with zero attached hydrogens (tertiary/aromatic N) is 2. The highest BCUT2D eigenvalue weighted by atomic mass is 79.9. The number of benzene rings is 1. The van der Waals surface area contributed by atoms with Gasteiger partial charge in [0.2, 0.25) is 5.71 Å². The van der Waals surface area contributed by atoms with Gasteiger partial charge < -0.3 is 10.5 Å². The maximum absolute atomic E-state index is 12.1. The summed E-state index contributed by atoms with van der Waals surface area (Å²) in [5, 5.41) is 19.2. The zero-order valence-electron chi connectivity index (χ0n) is 9.62. The molecule has 106 valence electrons. The van der Waals surface area contributed by atoms with Crippen LogP contribution in [0.1, 0.15) is 0 Å². The molecule has 1 aromatic rings. The van der Waals surface area contributed by atoms with Crippen LogP contribution in [0.5, 0.6) is 5.75 Å². The summed E-state index contributed by atoms with van der Waals surface area (Å²) in [6, 6.07) is 4.98. The minimum Gasteiger partial charge on any atom is -0.406 e. The van der Waals surface area contributed by atoms with Crippen molar-refractivity contribution in [3.8, 4) is 11.8 Å². The third-order valence-electron chi connectivity index (χ3n) is 1.82. The molecule has 0 unspecified atom stereocenters. The summed E-state index contributed by atoms with van der Waals surface area (Å²) in [7, 11) is 0. The Bertz CT molecular complexity index is 594. The van der Waals surface area contributed by atoms with Crippen molar-refractivity contribution < 1.29 is 17.9 Å². The molecule has 1 rings (SSSR count). The number of ether oxygens (including phenoxy) is 1. The van der Waals surface area contributed by atoms with E-state index in [-0.39, 0.29) is 5.69 Å². The van der Waals surface area contributed by atoms with Gasteiger partial charge in [0.15, 0.2) is 5.84 Å². The second kappa shape index (κ2) is 6.25. The van der Waals surface area contributed by atoms with Gasteiger partial charge in [-0.25, -0.2) is 0 Å². The maximum Gasteiger partial charge on any atom is 0.573 e. The highest BCUT2D eigenvalue weighted by molar-refractivity contribution is 9.10. The topological polar surface area (TPSA) is 107 Å². The van der Waals surface area contributed by atoms with Crippen molar-refractivity contribution in [3.05, 3.63) is 22.7 Å². The summed E-state index contributed by atoms with van der Waals surface area (Å²) in [4.78, 5) is 0. The Morgan fingerprint density at radius 3 is 2.65 bits per heavy atom. The lowest BCUT2D eigenvalue weighted by molar-refractivity contribution is -0.274. The summed E-state index contributed by atoms with van der Waals surface area (Å²) in [6.07, 6.45) is -4.81. The number of anilines is 1. The molecule has 4 N–H and O–H groups in total. The van der Waals surface area contributed by atoms with Gasteiger partial charge in [-0.3, -0.25) is 10.8 Å². The number of amidine groups is 1. The van der Waals surface area contributed by atoms with E-state index in [9.17, 15) is 13.2 Å². The van der Waals surface area contributed by atoms with Crippen molar-refractivity contribution in [3.63, 3.8) is 0 Å². The van der Waals surface area contributed by atoms with Gasteiger partial charge in [-0.2, -0.15) is 10.4 Å². The molecule has 0 amide bonds. The second-order valence-corrected chi connectivity index (χ2v) is 4.14. The Morgan fingerprint density at radius 1 is 1.50 bits per heavy atom. The molecular weight excluding hydrogens is 343 g/mol. The van der Waals surface area contributed by atoms with E-state index in [1.54, 1.807) is 6.07 Å². The predicted octanol–water partition coefficient (Wildman–Crippen LogP) is 2.58. The molecule has 0 spiro atoms. The molecule has 20 heavy (non-hydrogen) atoms. The normalized spacial score (nSPS) is 11.7. The monoisotopic (exact) mass is 349 g/mol. The summed E-state index contributed by atoms with van der Waals surface area (Å²) in [6.45, 7) is 0. The van der Waals surface area contributed by atoms with E-state index < -0.39 is 23.7 Å². The third kappa shape index (κ3) is 4.77. The fourth-order valence-electron chi connectivity index (χ4n) is 1.05. The van der Waals surface area contributed by atoms with Gasteiger partial charge in [-0.1, -0.05) is 0 Å². The van der Waals surface area contributed by atoms with E-state index in [0.29, 0.717) is 4.47 Å². The smallest absolute Gasteiger partial charge is 0.406 e. The molecule has 0 aliphatic heterocycles. The van der Waals surface area contributed by atoms with E-state index in [4.69, 9.17) is 16.4 Å². The van der Waals surface area contributed by atoms with Crippen molar-refractivity contribution in [2.24, 2.45) is 10.8 Å². The molecule has 0 fully saturated rings. The van der Waals surface area contributed by atoms with E-state index >= 15 is 0 Å². The number of nitrogens with one attached hydrogen (secondary N) is 2. The Hall–Kier alpha value is -2.28. The lowest BCUT2D eigenvalue weighted by atomic mass is 10.3. The Labute approximate surface area is 119 Å². The molecular formula is C10H7BrF3N5O. The van der Waals surface area contributed by atoms with Crippen LogP contribution in [0.25, 0.3) is 0 Å². The zero-order chi connectivity index (χ0) is 15.3. The van der Waals surface area contributed by atoms with Crippen molar-refractivity contribution in [1.29, 1.82) is 10.7 Å². The summed E-state index contributed by atoms with van der Waals surface area (Å²) >= 11 is 3.08. The average molecular weight is 350 g/mol. The van der Waals surface area contributed by atoms with Gasteiger partial charge in [-0.15, -0.1) is 13.2 Å². The molecule has 0 saturated heterocycles. The van der Waals surface area contributed by atoms with Crippen LogP contribution < -0.4 is 15.9 Å². The quantitative estimate of drug-likeness (QED) is 0.441. The molecule has 0 atom stereocenters. The van der Waals surface area contributed by atoms with Crippen LogP contribution in [0.2, 0.25) is 0 Å². The van der Waals surface area contributed by atoms with Crippen LogP contribution in [0.3, 0.4) is 0 Å². The summed E-state index contributed by atoms with van der Waals surface area (Å²) in [5.41, 5.74) is 7.10. The molecule has 0 saturated carbocycles. The zero-order valence-corrected chi connectivity index (χ0v) is 11.2. The molecule has 6 nitrogen and oxygen atoms in total. The predicted molar refractivity (Wildman–Crippen MR) is 69.4 cm³/mol. The minimum absolute atomic E-state index is 0.112. The molecule has 0 bridgehead atoms. The molecule has 0 aliphatic rings. The Balaban J connectivity index is 2.99. The van der Waals surface area contributed by atoms with Gasteiger partial charge >= 0.3 is 6.36 Å². The Kier molecular flexibility index (Phi) is 4.93. The van der Waals surface area contributed by atoms with Crippen molar-refractivity contribution >= 4 is 33.2 Å². The van der Waals surface area contributed by atoms with Crippen molar-refractivity contribution in [1.82, 2.24) is 0 Å². The summed E-state index contributed by atoms with van der Waals surface area (Å²) in [5.74, 6) is -1.03. The van der Waals surface area contributed by atoms with Gasteiger partial charge in [0, 0.05) is 10.5 Å². The number of rotatable bonds is 4. The van der Waals surface area contributed by atoms with Crippen LogP contribution in [0.15, 0.2) is 27.8 Å². The van der Waals surface area contributed by atoms with Crippen LogP contribution >= 0.6 is 15.9 Å². The fourth-order valence-corrected chi connectivity index (χ4v) is 1.38. The largest absolute Gasteiger partial charge is 0.573 e. The van der Waals surface area contributed by atoms with Crippen LogP contribution in [0, 0.1) is 16.7 Å². The molecule has 1 aromatic carbocycles. The van der Waals surface area contributed by atoms with Gasteiger partial charge in [-0.05, 0) is 28.1 Å². The Morgan fingerprint density at radius 2 is 2.15 bits per heavy atom. The highest BCUT2D eigenvalue weighted by Crippen LogP contribution is 2.30. The summed E-state index contributed by atoms with van der Waals surface area (Å²) < 4.78 is 40.4. The number of hydrogen-bond acceptors (Lipinski definition) is 5. The van der Waals surface area contributed by atoms with Crippen LogP contribution in [-0.2, 0) is 0 Å². The van der Waals surface area contributed by atoms with Gasteiger partial charge in [0.25, 0.3) is 0 Å². The van der Waals surface area contributed by atoms with Crippen molar-refractivity contribution in [2.45, 2.75) is 6.36 Å². The second-order valence-electron chi connectivity index (χ2n) is 3.29. The lowest BCUT2D eigenvalue weighted by Gasteiger charge is -2.11. The molecule has 0 aliphatic carbocycles. The first kappa shape index (κ1) is 15.8. The van der Waals surface area contributed by atoms with Crippen LogP contribution in [0.4, 0.5) is 18.9 Å². The number of hydrogen-bond donors (Lipinski definition) is 3. The lowest BCUT2D eigenvalue weighted by Crippen LogP contribution is -2.22. The molecule has 10 heteroatoms. The van der Waals surface area contributed by atoms with Crippen LogP contribution in [-0.4, -0.2) is 17.9 Å². The highest BCUT2D eigenvalue weighted by Gasteiger charge is 2.31. The van der Waals surface area contributed by atoms with Gasteiger partial charge in [0.1, 0.15) is 11.8 Å². The number of nitrogens with two attached hydrogens (primary N) is 1. The number of hydrazone groups is 1. The SMILES string of the molecule is N#C/C(=N\Nc1cc(OC(F)(F)F)ccc1Br)C(=N)N. The number of halogens is 4. The molecule has 0 aromatic heterocycles. The molecule has 0 heterocycles. The number of alkyl halides is 3. The third-order valence-corrected chi connectivity index (χ3v) is 2.51.